The summed E-state index contributed by atoms with van der Waals surface area (Å²) in [6.45, 7) is 4.34. The molecule has 0 atom stereocenters. The van der Waals surface area contributed by atoms with Crippen LogP contribution < -0.4 is 10.5 Å². The summed E-state index contributed by atoms with van der Waals surface area (Å²) in [5, 5.41) is 0. The van der Waals surface area contributed by atoms with Gasteiger partial charge in [-0.05, 0) is 48.7 Å². The van der Waals surface area contributed by atoms with Crippen molar-refractivity contribution >= 4 is 18.2 Å². The first-order valence-electron chi connectivity index (χ1n) is 8.57. The Labute approximate surface area is 159 Å². The number of aromatic nitrogens is 1. The lowest BCUT2D eigenvalue weighted by molar-refractivity contribution is 0.447. The lowest BCUT2D eigenvalue weighted by atomic mass is 10.2. The maximum absolute atomic E-state index is 5.94. The fraction of sp³-hybridized carbons (Fsp3) is 0.0909. The molecule has 0 radical (unpaired) electrons. The van der Waals surface area contributed by atoms with E-state index in [1.165, 1.54) is 0 Å². The second-order valence-corrected chi connectivity index (χ2v) is 6.09. The number of pyridine rings is 1. The number of ether oxygens (including phenoxy) is 1. The summed E-state index contributed by atoms with van der Waals surface area (Å²) in [6.07, 6.45) is 3.56. The van der Waals surface area contributed by atoms with E-state index in [0.717, 1.165) is 22.6 Å². The molecule has 0 unspecified atom stereocenters. The van der Waals surface area contributed by atoms with E-state index in [-0.39, 0.29) is 0 Å². The van der Waals surface area contributed by atoms with Gasteiger partial charge in [-0.25, -0.2) is 4.98 Å². The molecule has 0 saturated carbocycles. The summed E-state index contributed by atoms with van der Waals surface area (Å²) in [4.78, 5) is 10.2. The smallest absolute Gasteiger partial charge is 0.132 e. The fourth-order valence-corrected chi connectivity index (χ4v) is 2.70. The van der Waals surface area contributed by atoms with Gasteiger partial charge in [0.1, 0.15) is 17.3 Å². The average Bonchev–Trinajstić information content (AvgIpc) is 2.68. The van der Waals surface area contributed by atoms with Crippen molar-refractivity contribution in [2.24, 2.45) is 4.99 Å². The maximum atomic E-state index is 5.94. The Hall–Kier alpha value is -3.60. The number of hydrogen-bond acceptors (Lipinski definition) is 5. The van der Waals surface area contributed by atoms with Gasteiger partial charge in [-0.3, -0.25) is 4.99 Å². The molecule has 2 N–H and O–H groups in total. The monoisotopic (exact) mass is 358 g/mol. The summed E-state index contributed by atoms with van der Waals surface area (Å²) in [5.41, 5.74) is 8.50. The van der Waals surface area contributed by atoms with E-state index in [4.69, 9.17) is 10.5 Å². The quantitative estimate of drug-likeness (QED) is 0.628. The molecule has 0 aliphatic carbocycles. The third-order valence-electron chi connectivity index (χ3n) is 3.94. The normalized spacial score (nSPS) is 11.1. The summed E-state index contributed by atoms with van der Waals surface area (Å²) >= 11 is 0. The second-order valence-electron chi connectivity index (χ2n) is 6.09. The molecule has 136 valence electrons. The summed E-state index contributed by atoms with van der Waals surface area (Å²) < 4.78 is 5.90. The van der Waals surface area contributed by atoms with Crippen LogP contribution in [0.25, 0.3) is 5.70 Å². The molecule has 1 aromatic heterocycles. The minimum Gasteiger partial charge on any atom is -0.457 e. The van der Waals surface area contributed by atoms with Crippen molar-refractivity contribution in [3.05, 3.63) is 90.3 Å². The number of nitrogen functional groups attached to an aromatic ring is 1. The number of rotatable bonds is 7. The zero-order valence-corrected chi connectivity index (χ0v) is 15.2. The van der Waals surface area contributed by atoms with Crippen LogP contribution in [0.3, 0.4) is 0 Å². The molecular weight excluding hydrogens is 336 g/mol. The Bertz CT molecular complexity index is 938. The Morgan fingerprint density at radius 1 is 1.11 bits per heavy atom. The van der Waals surface area contributed by atoms with Crippen LogP contribution in [0.2, 0.25) is 0 Å². The fourth-order valence-electron chi connectivity index (χ4n) is 2.70. The van der Waals surface area contributed by atoms with Gasteiger partial charge in [-0.15, -0.1) is 0 Å². The Morgan fingerprint density at radius 2 is 1.89 bits per heavy atom. The van der Waals surface area contributed by atoms with Gasteiger partial charge in [0.25, 0.3) is 0 Å². The number of hydrogen-bond donors (Lipinski definition) is 1. The summed E-state index contributed by atoms with van der Waals surface area (Å²) in [6, 6.07) is 21.4. The van der Waals surface area contributed by atoms with Crippen molar-refractivity contribution in [2.75, 3.05) is 12.8 Å². The molecular formula is C22H22N4O. The Balaban J connectivity index is 1.73. The number of para-hydroxylation sites is 1. The topological polar surface area (TPSA) is 63.7 Å². The highest BCUT2D eigenvalue weighted by Gasteiger charge is 2.07. The SMILES string of the molecule is C=N/C(=C\N(C)Cc1cccc(Oc2ccccc2)c1)c1cccnc1N. The van der Waals surface area contributed by atoms with Crippen molar-refractivity contribution in [3.63, 3.8) is 0 Å². The highest BCUT2D eigenvalue weighted by molar-refractivity contribution is 5.74. The molecule has 0 aliphatic rings. The number of anilines is 1. The van der Waals surface area contributed by atoms with Crippen molar-refractivity contribution in [1.82, 2.24) is 9.88 Å². The first-order valence-corrected chi connectivity index (χ1v) is 8.57. The molecule has 0 amide bonds. The van der Waals surface area contributed by atoms with E-state index in [1.807, 2.05) is 78.8 Å². The largest absolute Gasteiger partial charge is 0.457 e. The maximum Gasteiger partial charge on any atom is 0.132 e. The molecule has 3 aromatic rings. The molecule has 0 spiro atoms. The van der Waals surface area contributed by atoms with Gasteiger partial charge < -0.3 is 15.4 Å². The molecule has 3 rings (SSSR count). The minimum atomic E-state index is 0.433. The zero-order valence-electron chi connectivity index (χ0n) is 15.2. The van der Waals surface area contributed by atoms with Crippen LogP contribution in [-0.4, -0.2) is 23.6 Å². The van der Waals surface area contributed by atoms with Crippen LogP contribution in [0, 0.1) is 0 Å². The highest BCUT2D eigenvalue weighted by Crippen LogP contribution is 2.24. The molecule has 0 aliphatic heterocycles. The van der Waals surface area contributed by atoms with E-state index in [0.29, 0.717) is 18.1 Å². The number of aliphatic imine (C=N–C) groups is 1. The van der Waals surface area contributed by atoms with E-state index in [9.17, 15) is 0 Å². The van der Waals surface area contributed by atoms with Gasteiger partial charge >= 0.3 is 0 Å². The molecule has 1 heterocycles. The lowest BCUT2D eigenvalue weighted by Crippen LogP contribution is -2.11. The Kier molecular flexibility index (Phi) is 5.84. The van der Waals surface area contributed by atoms with Gasteiger partial charge in [-0.2, -0.15) is 0 Å². The van der Waals surface area contributed by atoms with E-state index in [1.54, 1.807) is 6.20 Å². The molecule has 5 heteroatoms. The molecule has 2 aromatic carbocycles. The van der Waals surface area contributed by atoms with E-state index >= 15 is 0 Å². The van der Waals surface area contributed by atoms with Crippen molar-refractivity contribution < 1.29 is 4.74 Å². The summed E-state index contributed by atoms with van der Waals surface area (Å²) in [5.74, 6) is 2.05. The first kappa shape index (κ1) is 18.2. The van der Waals surface area contributed by atoms with Crippen LogP contribution in [0.15, 0.2) is 84.1 Å². The standard InChI is InChI=1S/C22H22N4O/c1-24-21(20-12-7-13-25-22(20)23)16-26(2)15-17-8-6-11-19(14-17)27-18-9-4-3-5-10-18/h3-14,16H,1,15H2,2H3,(H2,23,25)/b21-16-. The number of nitrogens with zero attached hydrogens (tertiary/aromatic N) is 3. The van der Waals surface area contributed by atoms with Gasteiger partial charge in [-0.1, -0.05) is 30.3 Å². The predicted octanol–water partition coefficient (Wildman–Crippen LogP) is 4.59. The molecule has 0 bridgehead atoms. The Morgan fingerprint density at radius 3 is 2.63 bits per heavy atom. The van der Waals surface area contributed by atoms with Gasteiger partial charge in [0, 0.05) is 31.6 Å². The number of benzene rings is 2. The second kappa shape index (κ2) is 8.67. The molecule has 5 nitrogen and oxygen atoms in total. The van der Waals surface area contributed by atoms with Crippen molar-refractivity contribution in [3.8, 4) is 11.5 Å². The minimum absolute atomic E-state index is 0.433. The zero-order chi connectivity index (χ0) is 19.1. The van der Waals surface area contributed by atoms with E-state index in [2.05, 4.69) is 22.8 Å². The molecule has 0 fully saturated rings. The number of nitrogens with two attached hydrogens (primary N) is 1. The lowest BCUT2D eigenvalue weighted by Gasteiger charge is -2.17. The van der Waals surface area contributed by atoms with Crippen LogP contribution >= 0.6 is 0 Å². The van der Waals surface area contributed by atoms with Gasteiger partial charge in [0.05, 0.1) is 5.70 Å². The first-order chi connectivity index (χ1) is 13.2. The van der Waals surface area contributed by atoms with Crippen LogP contribution in [0.4, 0.5) is 5.82 Å². The van der Waals surface area contributed by atoms with Crippen LogP contribution in [0.5, 0.6) is 11.5 Å². The van der Waals surface area contributed by atoms with Crippen LogP contribution in [-0.2, 0) is 6.54 Å². The van der Waals surface area contributed by atoms with Crippen molar-refractivity contribution in [2.45, 2.75) is 6.54 Å². The highest BCUT2D eigenvalue weighted by atomic mass is 16.5. The van der Waals surface area contributed by atoms with Gasteiger partial charge in [0.15, 0.2) is 0 Å². The predicted molar refractivity (Wildman–Crippen MR) is 111 cm³/mol. The van der Waals surface area contributed by atoms with Crippen LogP contribution in [0.1, 0.15) is 11.1 Å². The molecule has 0 saturated heterocycles. The molecule has 27 heavy (non-hydrogen) atoms. The van der Waals surface area contributed by atoms with Crippen molar-refractivity contribution in [1.29, 1.82) is 0 Å². The van der Waals surface area contributed by atoms with Gasteiger partial charge in [0.2, 0.25) is 0 Å². The average molecular weight is 358 g/mol. The third kappa shape index (κ3) is 4.95. The third-order valence-corrected chi connectivity index (χ3v) is 3.94. The van der Waals surface area contributed by atoms with E-state index < -0.39 is 0 Å². The summed E-state index contributed by atoms with van der Waals surface area (Å²) in [7, 11) is 1.97.